The molecule has 0 radical (unpaired) electrons. The number of nitrogens with zero attached hydrogens (tertiary/aromatic N) is 4. The van der Waals surface area contributed by atoms with Gasteiger partial charge in [0, 0.05) is 67.8 Å². The largest absolute Gasteiger partial charge is 0.464 e. The first kappa shape index (κ1) is 45.2. The molecule has 0 unspecified atom stereocenters. The number of methoxy groups -OCH3 is 1. The minimum atomic E-state index is -1.17. The van der Waals surface area contributed by atoms with Crippen LogP contribution in [0.2, 0.25) is 0 Å². The second-order valence-corrected chi connectivity index (χ2v) is 19.4. The number of rotatable bonds is 9. The van der Waals surface area contributed by atoms with E-state index in [1.807, 2.05) is 25.1 Å². The molecule has 2 aromatic heterocycles. The van der Waals surface area contributed by atoms with Gasteiger partial charge in [-0.2, -0.15) is 0 Å². The van der Waals surface area contributed by atoms with Gasteiger partial charge in [-0.25, -0.2) is 10.2 Å². The predicted molar refractivity (Wildman–Crippen MR) is 246 cm³/mol. The smallest absolute Gasteiger partial charge is 0.327 e. The topological polar surface area (TPSA) is 144 Å². The zero-order valence-electron chi connectivity index (χ0n) is 38.4. The summed E-state index contributed by atoms with van der Waals surface area (Å²) in [5, 5.41) is 5.79. The van der Waals surface area contributed by atoms with Crippen molar-refractivity contribution in [3.63, 3.8) is 0 Å². The number of aromatic nitrogens is 2. The van der Waals surface area contributed by atoms with Crippen molar-refractivity contribution >= 4 is 34.6 Å². The van der Waals surface area contributed by atoms with Gasteiger partial charge in [-0.15, -0.1) is 0 Å². The molecule has 2 aromatic carbocycles. The maximum atomic E-state index is 14.8. The average Bonchev–Trinajstić information content (AvgIpc) is 3.80. The molecule has 3 amide bonds. The van der Waals surface area contributed by atoms with Crippen LogP contribution >= 0.6 is 0 Å². The molecule has 13 nitrogen and oxygen atoms in total. The molecule has 64 heavy (non-hydrogen) atoms. The summed E-state index contributed by atoms with van der Waals surface area (Å²) in [7, 11) is 1.70. The van der Waals surface area contributed by atoms with Gasteiger partial charge in [-0.05, 0) is 111 Å². The van der Waals surface area contributed by atoms with Crippen LogP contribution in [0.4, 0.5) is 0 Å². The van der Waals surface area contributed by atoms with Crippen LogP contribution in [0, 0.1) is 17.3 Å². The van der Waals surface area contributed by atoms with Crippen LogP contribution in [0.1, 0.15) is 90.2 Å². The fraction of sp³-hybridized carbons (Fsp3) is 0.510. The number of ether oxygens (including phenoxy) is 3. The third-order valence-electron chi connectivity index (χ3n) is 14.0. The number of fused-ring (bicyclic) bond motifs is 6. The van der Waals surface area contributed by atoms with Crippen LogP contribution in [0.15, 0.2) is 73.4 Å². The lowest BCUT2D eigenvalue weighted by Crippen LogP contribution is -2.66. The first-order valence-corrected chi connectivity index (χ1v) is 23.0. The van der Waals surface area contributed by atoms with Gasteiger partial charge in [0.2, 0.25) is 11.8 Å². The first-order chi connectivity index (χ1) is 30.6. The number of hydrazine groups is 1. The molecule has 0 spiro atoms. The quantitative estimate of drug-likeness (QED) is 0.135. The van der Waals surface area contributed by atoms with Crippen LogP contribution in [0.3, 0.4) is 0 Å². The summed E-state index contributed by atoms with van der Waals surface area (Å²) < 4.78 is 20.9. The number of cyclic esters (lactones) is 1. The van der Waals surface area contributed by atoms with Gasteiger partial charge in [-0.1, -0.05) is 57.7 Å². The highest BCUT2D eigenvalue weighted by Crippen LogP contribution is 2.42. The number of esters is 1. The van der Waals surface area contributed by atoms with Crippen molar-refractivity contribution in [2.24, 2.45) is 17.3 Å². The van der Waals surface area contributed by atoms with Crippen LogP contribution in [0.25, 0.3) is 33.3 Å². The summed E-state index contributed by atoms with van der Waals surface area (Å²) in [5.41, 5.74) is 9.64. The molecule has 5 heterocycles. The molecular formula is C51H64N6O7. The molecule has 2 saturated heterocycles. The Morgan fingerprint density at radius 2 is 1.86 bits per heavy atom. The molecule has 3 aliphatic heterocycles. The highest BCUT2D eigenvalue weighted by Gasteiger charge is 2.46. The maximum absolute atomic E-state index is 14.8. The van der Waals surface area contributed by atoms with Gasteiger partial charge < -0.3 is 29.0 Å². The Labute approximate surface area is 376 Å². The van der Waals surface area contributed by atoms with Crippen molar-refractivity contribution in [3.05, 3.63) is 90.3 Å². The van der Waals surface area contributed by atoms with E-state index < -0.39 is 28.9 Å². The number of aryl methyl sites for hydroxylation is 1. The summed E-state index contributed by atoms with van der Waals surface area (Å²) in [6, 6.07) is 17.9. The van der Waals surface area contributed by atoms with E-state index in [1.54, 1.807) is 25.1 Å². The fourth-order valence-corrected chi connectivity index (χ4v) is 10.3. The number of hydrogen-bond acceptors (Lipinski definition) is 9. The summed E-state index contributed by atoms with van der Waals surface area (Å²) in [6.45, 7) is 18.0. The number of pyridine rings is 1. The van der Waals surface area contributed by atoms with E-state index in [4.69, 9.17) is 19.2 Å². The number of carbonyl (C=O) groups is 4. The van der Waals surface area contributed by atoms with Gasteiger partial charge in [-0.3, -0.25) is 24.4 Å². The summed E-state index contributed by atoms with van der Waals surface area (Å²) in [4.78, 5) is 62.1. The third-order valence-corrected chi connectivity index (χ3v) is 14.0. The molecule has 1 saturated carbocycles. The monoisotopic (exact) mass is 872 g/mol. The number of carbonyl (C=O) groups excluding carboxylic acids is 4. The third kappa shape index (κ3) is 8.86. The summed E-state index contributed by atoms with van der Waals surface area (Å²) in [5.74, 6) is -1.58. The van der Waals surface area contributed by atoms with Crippen molar-refractivity contribution in [1.29, 1.82) is 0 Å². The van der Waals surface area contributed by atoms with Crippen LogP contribution in [-0.2, 0) is 52.8 Å². The standard InChI is InChI=1S/C51H64N6O7/c1-9-43(58)55-28-36(29-55)64-42-20-17-31(3)44(42)47(59)53-40-25-33-14-11-15-34(24-33)35-18-19-41-38(26-35)39(46(56(41)10-2)37-16-12-22-52-45(37)32(4)62-8)27-50(5,6)30-63-49(61)51(7)21-13-23-57(54-51)48(40)60/h9,11-12,14-16,18-19,22,24,26,31-32,36,40,42,44,54H,1,10,13,17,20-21,23,25,27-30H2,2-8H3,(H,53,59)/t31-,32-,40-,42+,44+,51+/m0/s1. The second kappa shape index (κ2) is 18.3. The van der Waals surface area contributed by atoms with Crippen LogP contribution < -0.4 is 10.7 Å². The normalized spacial score (nSPS) is 25.6. The lowest BCUT2D eigenvalue weighted by atomic mass is 9.84. The van der Waals surface area contributed by atoms with Gasteiger partial charge in [0.25, 0.3) is 5.91 Å². The minimum absolute atomic E-state index is 0.0278. The highest BCUT2D eigenvalue weighted by atomic mass is 16.5. The van der Waals surface area contributed by atoms with E-state index in [1.165, 1.54) is 11.1 Å². The molecule has 2 N–H and O–H groups in total. The molecule has 6 atom stereocenters. The first-order valence-electron chi connectivity index (χ1n) is 23.0. The van der Waals surface area contributed by atoms with E-state index >= 15 is 0 Å². The number of nitrogens with one attached hydrogen (secondary N) is 2. The molecule has 340 valence electrons. The fourth-order valence-electron chi connectivity index (χ4n) is 10.3. The van der Waals surface area contributed by atoms with E-state index in [0.29, 0.717) is 45.3 Å². The molecule has 4 aliphatic rings. The second-order valence-electron chi connectivity index (χ2n) is 19.4. The maximum Gasteiger partial charge on any atom is 0.327 e. The SMILES string of the molecule is C=CC(=O)N1CC(O[C@@H]2CC[C@H](C)[C@H]2C(=O)N[C@H]2Cc3cccc(c3)-c3ccc4c(c3)c(c(-c3cccnc3[C@H](C)OC)n4CC)CC(C)(C)COC(=O)[C@@]3(C)CCCN(N3)C2=O)C1. The number of amides is 3. The number of hydrogen-bond donors (Lipinski definition) is 2. The van der Waals surface area contributed by atoms with Gasteiger partial charge >= 0.3 is 5.97 Å². The van der Waals surface area contributed by atoms with E-state index in [2.05, 4.69) is 86.0 Å². The molecule has 13 heteroatoms. The Kier molecular flexibility index (Phi) is 12.9. The van der Waals surface area contributed by atoms with Crippen LogP contribution in [-0.4, -0.2) is 100 Å². The molecule has 4 aromatic rings. The summed E-state index contributed by atoms with van der Waals surface area (Å²) in [6.07, 6.45) is 5.75. The number of likely N-dealkylation sites (tertiary alicyclic amines) is 1. The summed E-state index contributed by atoms with van der Waals surface area (Å²) >= 11 is 0. The molecular weight excluding hydrogens is 809 g/mol. The Bertz CT molecular complexity index is 2440. The average molecular weight is 873 g/mol. The van der Waals surface area contributed by atoms with E-state index in [-0.39, 0.29) is 55.0 Å². The molecule has 1 aliphatic carbocycles. The van der Waals surface area contributed by atoms with Crippen molar-refractivity contribution < 1.29 is 33.4 Å². The predicted octanol–water partition coefficient (Wildman–Crippen LogP) is 6.96. The zero-order valence-corrected chi connectivity index (χ0v) is 38.4. The van der Waals surface area contributed by atoms with Crippen molar-refractivity contribution in [2.75, 3.05) is 33.4 Å². The Morgan fingerprint density at radius 3 is 2.61 bits per heavy atom. The van der Waals surface area contributed by atoms with Gasteiger partial charge in [0.15, 0.2) is 0 Å². The van der Waals surface area contributed by atoms with E-state index in [9.17, 15) is 19.2 Å². The Morgan fingerprint density at radius 1 is 1.08 bits per heavy atom. The van der Waals surface area contributed by atoms with Crippen molar-refractivity contribution in [1.82, 2.24) is 30.2 Å². The zero-order chi connectivity index (χ0) is 45.5. The van der Waals surface area contributed by atoms with Gasteiger partial charge in [0.05, 0.1) is 42.2 Å². The van der Waals surface area contributed by atoms with Crippen LogP contribution in [0.5, 0.6) is 0 Å². The Hall–Kier alpha value is -5.37. The molecule has 8 rings (SSSR count). The van der Waals surface area contributed by atoms with E-state index in [0.717, 1.165) is 63.1 Å². The minimum Gasteiger partial charge on any atom is -0.464 e. The number of benzene rings is 2. The lowest BCUT2D eigenvalue weighted by molar-refractivity contribution is -0.162. The van der Waals surface area contributed by atoms with Crippen molar-refractivity contribution in [3.8, 4) is 22.4 Å². The molecule has 6 bridgehead atoms. The van der Waals surface area contributed by atoms with Crippen molar-refractivity contribution in [2.45, 2.75) is 117 Å². The molecule has 3 fully saturated rings. The Balaban J connectivity index is 1.18. The lowest BCUT2D eigenvalue weighted by Gasteiger charge is -2.42. The highest BCUT2D eigenvalue weighted by molar-refractivity contribution is 5.96. The van der Waals surface area contributed by atoms with Gasteiger partial charge in [0.1, 0.15) is 11.6 Å².